The number of unbranched alkanes of at least 4 members (excludes halogenated alkanes) is 8. The number of aliphatic hydroxyl groups excluding tert-OH is 2. The third-order valence-electron chi connectivity index (χ3n) is 10.1. The van der Waals surface area contributed by atoms with Crippen molar-refractivity contribution in [2.75, 3.05) is 6.61 Å². The summed E-state index contributed by atoms with van der Waals surface area (Å²) in [5, 5.41) is 35.2. The Morgan fingerprint density at radius 1 is 0.907 bits per heavy atom. The number of carbonyl (C=O) groups excluding carboxylic acids is 3. The summed E-state index contributed by atoms with van der Waals surface area (Å²) in [7, 11) is 0. The number of hydrogen-bond acceptors (Lipinski definition) is 8. The van der Waals surface area contributed by atoms with Crippen LogP contribution in [0, 0.1) is 22.7 Å². The Morgan fingerprint density at radius 3 is 2.12 bits per heavy atom. The van der Waals surface area contributed by atoms with E-state index < -0.39 is 58.3 Å². The average Bonchev–Trinajstić information content (AvgIpc) is 3.10. The maximum atomic E-state index is 14.6. The molecular weight excluding hydrogens is 548 g/mol. The van der Waals surface area contributed by atoms with Crippen LogP contribution in [0.5, 0.6) is 0 Å². The van der Waals surface area contributed by atoms with E-state index >= 15 is 0 Å². The van der Waals surface area contributed by atoms with Crippen molar-refractivity contribution in [3.63, 3.8) is 0 Å². The molecule has 8 nitrogen and oxygen atoms in total. The lowest BCUT2D eigenvalue weighted by atomic mass is 9.59. The Balaban J connectivity index is 1.87. The maximum absolute atomic E-state index is 14.6. The van der Waals surface area contributed by atoms with Crippen LogP contribution in [-0.2, 0) is 23.9 Å². The van der Waals surface area contributed by atoms with Crippen LogP contribution >= 0.6 is 0 Å². The molecular formula is C35H56O8. The van der Waals surface area contributed by atoms with Gasteiger partial charge in [-0.3, -0.25) is 14.4 Å². The third-order valence-corrected chi connectivity index (χ3v) is 10.1. The van der Waals surface area contributed by atoms with Gasteiger partial charge in [-0.15, -0.1) is 0 Å². The predicted octanol–water partition coefficient (Wildman–Crippen LogP) is 5.75. The summed E-state index contributed by atoms with van der Waals surface area (Å²) in [6, 6.07) is 0. The quantitative estimate of drug-likeness (QED) is 0.122. The van der Waals surface area contributed by atoms with E-state index in [1.165, 1.54) is 38.2 Å². The monoisotopic (exact) mass is 604 g/mol. The SMILES string of the molecule is CCCCCCCCCCCC(=O)O[C@@H]1[C@@H]2C=C(COC(=O)CCC)[C@@H](O)[C@]3(O)[C@@H](O)C(C)=C[C@@]3(C2=O)[C@H](C)CC1(C)C. The Morgan fingerprint density at radius 2 is 1.51 bits per heavy atom. The summed E-state index contributed by atoms with van der Waals surface area (Å²) < 4.78 is 11.6. The Labute approximate surface area is 258 Å². The molecule has 3 aliphatic rings. The Kier molecular flexibility index (Phi) is 12.2. The van der Waals surface area contributed by atoms with E-state index in [1.807, 2.05) is 27.7 Å². The zero-order chi connectivity index (χ0) is 32.0. The number of aliphatic hydroxyl groups is 3. The summed E-state index contributed by atoms with van der Waals surface area (Å²) in [5.41, 5.74) is -4.04. The van der Waals surface area contributed by atoms with Crippen LogP contribution in [0.2, 0.25) is 0 Å². The van der Waals surface area contributed by atoms with E-state index in [4.69, 9.17) is 9.47 Å². The summed E-state index contributed by atoms with van der Waals surface area (Å²) in [4.78, 5) is 40.1. The predicted molar refractivity (Wildman–Crippen MR) is 165 cm³/mol. The fourth-order valence-electron chi connectivity index (χ4n) is 7.86. The van der Waals surface area contributed by atoms with Crippen molar-refractivity contribution in [3.8, 4) is 0 Å². The van der Waals surface area contributed by atoms with E-state index in [0.717, 1.165) is 19.3 Å². The van der Waals surface area contributed by atoms with Gasteiger partial charge in [-0.1, -0.05) is 98.1 Å². The van der Waals surface area contributed by atoms with E-state index in [9.17, 15) is 29.7 Å². The first-order valence-corrected chi connectivity index (χ1v) is 16.7. The molecule has 0 heterocycles. The molecule has 0 aliphatic heterocycles. The van der Waals surface area contributed by atoms with E-state index in [2.05, 4.69) is 6.92 Å². The standard InChI is InChI=1S/C35H56O8/c1-7-9-10-11-12-13-14-15-16-18-28(37)43-32-26-19-25(22-42-27(36)17-8-2)30(39)35(41)29(38)23(3)20-34(35,31(26)40)24(4)21-33(32,5)6/h19-20,24,26,29-30,32,38-39,41H,7-18,21-22H2,1-6H3/t24-,26-,29+,30-,32-,34+,35-/m1/s1. The zero-order valence-electron chi connectivity index (χ0n) is 27.3. The summed E-state index contributed by atoms with van der Waals surface area (Å²) >= 11 is 0. The number of carbonyl (C=O) groups is 3. The summed E-state index contributed by atoms with van der Waals surface area (Å²) in [5.74, 6) is -2.75. The number of ketones is 1. The van der Waals surface area contributed by atoms with Gasteiger partial charge in [0.05, 0.1) is 11.3 Å². The minimum atomic E-state index is -2.27. The highest BCUT2D eigenvalue weighted by Gasteiger charge is 2.72. The molecule has 0 aromatic carbocycles. The molecule has 0 aromatic rings. The van der Waals surface area contributed by atoms with Gasteiger partial charge in [0.2, 0.25) is 0 Å². The first-order chi connectivity index (χ1) is 20.3. The van der Waals surface area contributed by atoms with Gasteiger partial charge >= 0.3 is 11.9 Å². The molecule has 0 aromatic heterocycles. The molecule has 3 rings (SSSR count). The van der Waals surface area contributed by atoms with Crippen LogP contribution < -0.4 is 0 Å². The zero-order valence-corrected chi connectivity index (χ0v) is 27.3. The normalized spacial score (nSPS) is 33.1. The smallest absolute Gasteiger partial charge is 0.306 e. The Bertz CT molecular complexity index is 1060. The molecule has 1 spiro atoms. The number of esters is 2. The molecule has 0 amide bonds. The highest BCUT2D eigenvalue weighted by Crippen LogP contribution is 2.61. The molecule has 43 heavy (non-hydrogen) atoms. The van der Waals surface area contributed by atoms with Crippen LogP contribution in [-0.4, -0.2) is 63.6 Å². The molecule has 3 N–H and O–H groups in total. The first-order valence-electron chi connectivity index (χ1n) is 16.7. The molecule has 8 heteroatoms. The van der Waals surface area contributed by atoms with Crippen LogP contribution in [0.25, 0.3) is 0 Å². The summed E-state index contributed by atoms with van der Waals surface area (Å²) in [6.45, 7) is 11.1. The van der Waals surface area contributed by atoms with Crippen molar-refractivity contribution in [1.82, 2.24) is 0 Å². The van der Waals surface area contributed by atoms with Crippen LogP contribution in [0.15, 0.2) is 23.3 Å². The van der Waals surface area contributed by atoms with Crippen LogP contribution in [0.4, 0.5) is 0 Å². The van der Waals surface area contributed by atoms with E-state index in [0.29, 0.717) is 24.8 Å². The van der Waals surface area contributed by atoms with Crippen LogP contribution in [0.3, 0.4) is 0 Å². The minimum Gasteiger partial charge on any atom is -0.461 e. The molecule has 0 unspecified atom stereocenters. The van der Waals surface area contributed by atoms with Crippen molar-refractivity contribution in [1.29, 1.82) is 0 Å². The summed E-state index contributed by atoms with van der Waals surface area (Å²) in [6.07, 6.45) is 10.7. The molecule has 0 saturated heterocycles. The fourth-order valence-corrected chi connectivity index (χ4v) is 7.86. The molecule has 3 aliphatic carbocycles. The number of ether oxygens (including phenoxy) is 2. The lowest BCUT2D eigenvalue weighted by Gasteiger charge is -2.48. The lowest BCUT2D eigenvalue weighted by molar-refractivity contribution is -0.190. The van der Waals surface area contributed by atoms with Gasteiger partial charge < -0.3 is 24.8 Å². The van der Waals surface area contributed by atoms with Gasteiger partial charge in [-0.05, 0) is 43.3 Å². The maximum Gasteiger partial charge on any atom is 0.306 e. The van der Waals surface area contributed by atoms with Crippen molar-refractivity contribution in [2.24, 2.45) is 22.7 Å². The van der Waals surface area contributed by atoms with E-state index in [1.54, 1.807) is 13.0 Å². The van der Waals surface area contributed by atoms with Gasteiger partial charge in [-0.2, -0.15) is 0 Å². The highest BCUT2D eigenvalue weighted by molar-refractivity contribution is 5.95. The topological polar surface area (TPSA) is 130 Å². The second kappa shape index (κ2) is 14.8. The Hall–Kier alpha value is -2.03. The molecule has 2 bridgehead atoms. The first kappa shape index (κ1) is 35.4. The van der Waals surface area contributed by atoms with Gasteiger partial charge in [0, 0.05) is 18.3 Å². The fraction of sp³-hybridized carbons (Fsp3) is 0.800. The van der Waals surface area contributed by atoms with Gasteiger partial charge in [0.15, 0.2) is 5.78 Å². The lowest BCUT2D eigenvalue weighted by Crippen LogP contribution is -2.65. The van der Waals surface area contributed by atoms with Gasteiger partial charge in [-0.25, -0.2) is 0 Å². The van der Waals surface area contributed by atoms with Crippen molar-refractivity contribution in [2.45, 2.75) is 149 Å². The van der Waals surface area contributed by atoms with E-state index in [-0.39, 0.29) is 31.0 Å². The third kappa shape index (κ3) is 7.12. The largest absolute Gasteiger partial charge is 0.461 e. The molecule has 244 valence electrons. The average molecular weight is 605 g/mol. The number of hydrogen-bond donors (Lipinski definition) is 3. The van der Waals surface area contributed by atoms with Crippen molar-refractivity contribution >= 4 is 17.7 Å². The molecule has 0 radical (unpaired) electrons. The second-order valence-electron chi connectivity index (χ2n) is 14.0. The van der Waals surface area contributed by atoms with Gasteiger partial charge in [0.25, 0.3) is 0 Å². The second-order valence-corrected chi connectivity index (χ2v) is 14.0. The van der Waals surface area contributed by atoms with Crippen molar-refractivity contribution in [3.05, 3.63) is 23.3 Å². The molecule has 1 saturated carbocycles. The highest BCUT2D eigenvalue weighted by atomic mass is 16.5. The minimum absolute atomic E-state index is 0.124. The number of Topliss-reactive ketones (excluding diaryl/α,β-unsaturated/α-hetero) is 1. The number of rotatable bonds is 15. The number of fused-ring (bicyclic) bond motifs is 1. The molecule has 1 fully saturated rings. The molecule has 7 atom stereocenters. The van der Waals surface area contributed by atoms with Crippen LogP contribution in [0.1, 0.15) is 125 Å². The van der Waals surface area contributed by atoms with Crippen molar-refractivity contribution < 1.29 is 39.2 Å². The van der Waals surface area contributed by atoms with Gasteiger partial charge in [0.1, 0.15) is 30.5 Å².